The molecule has 2 rings (SSSR count). The number of aromatic nitrogens is 1. The van der Waals surface area contributed by atoms with Crippen LogP contribution in [0.1, 0.15) is 42.6 Å². The van der Waals surface area contributed by atoms with E-state index in [-0.39, 0.29) is 0 Å². The minimum Gasteiger partial charge on any atom is -0.345 e. The molecule has 0 amide bonds. The van der Waals surface area contributed by atoms with Gasteiger partial charge in [0.1, 0.15) is 0 Å². The second-order valence-corrected chi connectivity index (χ2v) is 6.28. The number of nitrogens with zero attached hydrogens (tertiary/aromatic N) is 2. The molecular formula is C13H20N2OS. The minimum absolute atomic E-state index is 0.510. The molecule has 1 aromatic heterocycles. The standard InChI is InChI=1S/C13H20N2OS/c1-8-5-9(2)11(4)15(6-8)13-14-10(3)12(7-16)17-13/h7-9,11H,5-6H2,1-4H3. The molecule has 3 atom stereocenters. The quantitative estimate of drug-likeness (QED) is 0.758. The highest BCUT2D eigenvalue weighted by Gasteiger charge is 2.30. The molecule has 0 N–H and O–H groups in total. The summed E-state index contributed by atoms with van der Waals surface area (Å²) in [7, 11) is 0. The highest BCUT2D eigenvalue weighted by Crippen LogP contribution is 2.34. The Morgan fingerprint density at radius 2 is 2.12 bits per heavy atom. The number of aryl methyl sites for hydroxylation is 1. The van der Waals surface area contributed by atoms with Crippen LogP contribution in [-0.2, 0) is 0 Å². The lowest BCUT2D eigenvalue weighted by molar-refractivity contribution is 0.112. The van der Waals surface area contributed by atoms with Crippen LogP contribution < -0.4 is 4.90 Å². The average Bonchev–Trinajstić information content (AvgIpc) is 2.64. The third kappa shape index (κ3) is 2.37. The summed E-state index contributed by atoms with van der Waals surface area (Å²) in [5.41, 5.74) is 0.859. The molecule has 4 heteroatoms. The van der Waals surface area contributed by atoms with Gasteiger partial charge >= 0.3 is 0 Å². The highest BCUT2D eigenvalue weighted by atomic mass is 32.1. The number of hydrogen-bond donors (Lipinski definition) is 0. The maximum atomic E-state index is 10.9. The van der Waals surface area contributed by atoms with Crippen molar-refractivity contribution in [1.29, 1.82) is 0 Å². The fraction of sp³-hybridized carbons (Fsp3) is 0.692. The number of thiazole rings is 1. The van der Waals surface area contributed by atoms with Gasteiger partial charge in [-0.3, -0.25) is 4.79 Å². The van der Waals surface area contributed by atoms with Crippen molar-refractivity contribution in [2.75, 3.05) is 11.4 Å². The second kappa shape index (κ2) is 4.77. The summed E-state index contributed by atoms with van der Waals surface area (Å²) >= 11 is 1.52. The zero-order valence-electron chi connectivity index (χ0n) is 10.9. The molecule has 1 aromatic rings. The first-order chi connectivity index (χ1) is 8.02. The molecule has 0 saturated carbocycles. The summed E-state index contributed by atoms with van der Waals surface area (Å²) in [4.78, 5) is 18.5. The zero-order chi connectivity index (χ0) is 12.6. The Balaban J connectivity index is 2.27. The van der Waals surface area contributed by atoms with Gasteiger partial charge in [0.15, 0.2) is 11.4 Å². The minimum atomic E-state index is 0.510. The van der Waals surface area contributed by atoms with E-state index >= 15 is 0 Å². The Morgan fingerprint density at radius 3 is 2.71 bits per heavy atom. The van der Waals surface area contributed by atoms with Crippen LogP contribution in [0, 0.1) is 18.8 Å². The predicted octanol–water partition coefficient (Wildman–Crippen LogP) is 3.13. The Morgan fingerprint density at radius 1 is 1.41 bits per heavy atom. The largest absolute Gasteiger partial charge is 0.345 e. The number of aldehydes is 1. The van der Waals surface area contributed by atoms with E-state index in [1.54, 1.807) is 0 Å². The van der Waals surface area contributed by atoms with Gasteiger partial charge in [0.2, 0.25) is 0 Å². The van der Waals surface area contributed by atoms with Crippen LogP contribution in [0.4, 0.5) is 5.13 Å². The third-order valence-electron chi connectivity index (χ3n) is 3.77. The molecule has 3 unspecified atom stereocenters. The topological polar surface area (TPSA) is 33.2 Å². The number of hydrogen-bond acceptors (Lipinski definition) is 4. The first-order valence-electron chi connectivity index (χ1n) is 6.22. The summed E-state index contributed by atoms with van der Waals surface area (Å²) in [5.74, 6) is 1.38. The van der Waals surface area contributed by atoms with Gasteiger partial charge in [0.25, 0.3) is 0 Å². The lowest BCUT2D eigenvalue weighted by Crippen LogP contribution is -2.45. The van der Waals surface area contributed by atoms with E-state index < -0.39 is 0 Å². The molecule has 3 nitrogen and oxygen atoms in total. The highest BCUT2D eigenvalue weighted by molar-refractivity contribution is 7.17. The van der Waals surface area contributed by atoms with Gasteiger partial charge in [-0.1, -0.05) is 25.2 Å². The van der Waals surface area contributed by atoms with E-state index in [0.29, 0.717) is 17.9 Å². The molecule has 0 aliphatic carbocycles. The number of rotatable bonds is 2. The van der Waals surface area contributed by atoms with E-state index in [4.69, 9.17) is 0 Å². The van der Waals surface area contributed by atoms with Crippen LogP contribution in [0.25, 0.3) is 0 Å². The summed E-state index contributed by atoms with van der Waals surface area (Å²) in [5, 5.41) is 1.01. The van der Waals surface area contributed by atoms with Crippen molar-refractivity contribution in [3.05, 3.63) is 10.6 Å². The summed E-state index contributed by atoms with van der Waals surface area (Å²) < 4.78 is 0. The zero-order valence-corrected chi connectivity index (χ0v) is 11.8. The first kappa shape index (κ1) is 12.6. The van der Waals surface area contributed by atoms with Crippen molar-refractivity contribution >= 4 is 22.8 Å². The van der Waals surface area contributed by atoms with Gasteiger partial charge in [0.05, 0.1) is 10.6 Å². The fourth-order valence-electron chi connectivity index (χ4n) is 2.59. The molecule has 1 saturated heterocycles. The van der Waals surface area contributed by atoms with Gasteiger partial charge in [-0.15, -0.1) is 0 Å². The van der Waals surface area contributed by atoms with E-state index in [1.807, 2.05) is 6.92 Å². The lowest BCUT2D eigenvalue weighted by atomic mass is 9.86. The van der Waals surface area contributed by atoms with Crippen LogP contribution in [0.2, 0.25) is 0 Å². The SMILES string of the molecule is Cc1nc(N2CC(C)CC(C)C2C)sc1C=O. The van der Waals surface area contributed by atoms with Crippen LogP contribution >= 0.6 is 11.3 Å². The van der Waals surface area contributed by atoms with Crippen molar-refractivity contribution in [1.82, 2.24) is 4.98 Å². The molecule has 1 aliphatic rings. The molecule has 0 bridgehead atoms. The maximum Gasteiger partial charge on any atom is 0.186 e. The Labute approximate surface area is 107 Å². The third-order valence-corrected chi connectivity index (χ3v) is 4.89. The smallest absolute Gasteiger partial charge is 0.186 e. The number of carbonyl (C=O) groups is 1. The van der Waals surface area contributed by atoms with Crippen LogP contribution in [-0.4, -0.2) is 23.9 Å². The molecule has 0 aromatic carbocycles. The van der Waals surface area contributed by atoms with Crippen molar-refractivity contribution in [2.45, 2.75) is 40.2 Å². The van der Waals surface area contributed by atoms with Gasteiger partial charge < -0.3 is 4.90 Å². The maximum absolute atomic E-state index is 10.9. The van der Waals surface area contributed by atoms with Crippen LogP contribution in [0.15, 0.2) is 0 Å². The van der Waals surface area contributed by atoms with Crippen molar-refractivity contribution in [3.8, 4) is 0 Å². The Hall–Kier alpha value is -0.900. The molecule has 94 valence electrons. The van der Waals surface area contributed by atoms with Gasteiger partial charge in [0, 0.05) is 12.6 Å². The number of carbonyl (C=O) groups excluding carboxylic acids is 1. The van der Waals surface area contributed by atoms with E-state index in [9.17, 15) is 4.79 Å². The van der Waals surface area contributed by atoms with Crippen LogP contribution in [0.3, 0.4) is 0 Å². The van der Waals surface area contributed by atoms with Gasteiger partial charge in [-0.2, -0.15) is 0 Å². The number of anilines is 1. The van der Waals surface area contributed by atoms with Crippen molar-refractivity contribution < 1.29 is 4.79 Å². The van der Waals surface area contributed by atoms with E-state index in [1.165, 1.54) is 17.8 Å². The van der Waals surface area contributed by atoms with Crippen molar-refractivity contribution in [2.24, 2.45) is 11.8 Å². The summed E-state index contributed by atoms with van der Waals surface area (Å²) in [6, 6.07) is 0.510. The normalized spacial score (nSPS) is 29.4. The molecular weight excluding hydrogens is 232 g/mol. The van der Waals surface area contributed by atoms with Crippen LogP contribution in [0.5, 0.6) is 0 Å². The molecule has 1 fully saturated rings. The Bertz CT molecular complexity index is 416. The van der Waals surface area contributed by atoms with Crippen molar-refractivity contribution in [3.63, 3.8) is 0 Å². The van der Waals surface area contributed by atoms with E-state index in [0.717, 1.165) is 28.5 Å². The van der Waals surface area contributed by atoms with Gasteiger partial charge in [-0.25, -0.2) is 4.98 Å². The van der Waals surface area contributed by atoms with E-state index in [2.05, 4.69) is 30.7 Å². The lowest BCUT2D eigenvalue weighted by Gasteiger charge is -2.41. The number of piperidine rings is 1. The second-order valence-electron chi connectivity index (χ2n) is 5.28. The molecule has 1 aliphatic heterocycles. The first-order valence-corrected chi connectivity index (χ1v) is 7.03. The molecule has 2 heterocycles. The average molecular weight is 252 g/mol. The summed E-state index contributed by atoms with van der Waals surface area (Å²) in [6.07, 6.45) is 2.19. The Kier molecular flexibility index (Phi) is 3.52. The summed E-state index contributed by atoms with van der Waals surface area (Å²) in [6.45, 7) is 9.81. The van der Waals surface area contributed by atoms with Gasteiger partial charge in [-0.05, 0) is 32.1 Å². The molecule has 0 spiro atoms. The molecule has 17 heavy (non-hydrogen) atoms. The fourth-order valence-corrected chi connectivity index (χ4v) is 3.57. The molecule has 0 radical (unpaired) electrons. The predicted molar refractivity (Wildman–Crippen MR) is 72.0 cm³/mol. The monoisotopic (exact) mass is 252 g/mol.